The molecule has 22 heavy (non-hydrogen) atoms. The van der Waals surface area contributed by atoms with E-state index < -0.39 is 0 Å². The lowest BCUT2D eigenvalue weighted by atomic mass is 10.1. The first-order valence-electron chi connectivity index (χ1n) is 7.82. The largest absolute Gasteiger partial charge is 0.378 e. The van der Waals surface area contributed by atoms with Gasteiger partial charge in [-0.05, 0) is 25.9 Å². The molecule has 2 aliphatic rings. The van der Waals surface area contributed by atoms with E-state index >= 15 is 0 Å². The van der Waals surface area contributed by atoms with Crippen LogP contribution >= 0.6 is 11.3 Å². The number of imidazole rings is 1. The second-order valence-electron chi connectivity index (χ2n) is 6.02. The third kappa shape index (κ3) is 2.76. The van der Waals surface area contributed by atoms with Crippen LogP contribution in [0.25, 0.3) is 4.96 Å². The normalized spacial score (nSPS) is 26.0. The van der Waals surface area contributed by atoms with Crippen LogP contribution < -0.4 is 5.32 Å². The molecular formula is C15H20N4O2S. The van der Waals surface area contributed by atoms with Crippen molar-refractivity contribution in [3.8, 4) is 0 Å². The minimum absolute atomic E-state index is 0.0328. The van der Waals surface area contributed by atoms with Gasteiger partial charge < -0.3 is 10.1 Å². The first kappa shape index (κ1) is 14.2. The zero-order valence-electron chi connectivity index (χ0n) is 12.4. The number of amides is 1. The summed E-state index contributed by atoms with van der Waals surface area (Å²) in [6, 6.07) is 0.436. The van der Waals surface area contributed by atoms with Crippen LogP contribution in [0.5, 0.6) is 0 Å². The van der Waals surface area contributed by atoms with E-state index in [2.05, 4.69) is 15.2 Å². The number of fused-ring (bicyclic) bond motifs is 1. The Morgan fingerprint density at radius 2 is 2.27 bits per heavy atom. The molecule has 0 spiro atoms. The summed E-state index contributed by atoms with van der Waals surface area (Å²) in [4.78, 5) is 20.1. The molecular weight excluding hydrogens is 300 g/mol. The fourth-order valence-corrected chi connectivity index (χ4v) is 4.12. The van der Waals surface area contributed by atoms with Crippen LogP contribution in [-0.2, 0) is 16.0 Å². The minimum Gasteiger partial charge on any atom is -0.378 e. The van der Waals surface area contributed by atoms with Crippen molar-refractivity contribution < 1.29 is 9.53 Å². The molecule has 2 aromatic heterocycles. The molecule has 0 bridgehead atoms. The van der Waals surface area contributed by atoms with Gasteiger partial charge in [-0.1, -0.05) is 0 Å². The maximum absolute atomic E-state index is 12.3. The molecule has 7 heteroatoms. The number of nitrogens with zero attached hydrogens (tertiary/aromatic N) is 3. The number of ether oxygens (including phenoxy) is 1. The van der Waals surface area contributed by atoms with Crippen molar-refractivity contribution in [2.75, 3.05) is 26.3 Å². The Morgan fingerprint density at radius 3 is 3.09 bits per heavy atom. The smallest absolute Gasteiger partial charge is 0.226 e. The van der Waals surface area contributed by atoms with Crippen molar-refractivity contribution >= 4 is 22.2 Å². The average Bonchev–Trinajstić information content (AvgIpc) is 3.21. The van der Waals surface area contributed by atoms with E-state index in [1.807, 2.05) is 22.2 Å². The highest BCUT2D eigenvalue weighted by Gasteiger charge is 2.35. The lowest BCUT2D eigenvalue weighted by Crippen LogP contribution is -2.50. The molecule has 118 valence electrons. The molecule has 4 rings (SSSR count). The number of carbonyl (C=O) groups is 1. The Hall–Kier alpha value is -1.44. The van der Waals surface area contributed by atoms with Gasteiger partial charge in [0.1, 0.15) is 0 Å². The summed E-state index contributed by atoms with van der Waals surface area (Å²) >= 11 is 1.58. The van der Waals surface area contributed by atoms with Gasteiger partial charge in [0, 0.05) is 17.8 Å². The van der Waals surface area contributed by atoms with Crippen molar-refractivity contribution in [1.82, 2.24) is 19.6 Å². The summed E-state index contributed by atoms with van der Waals surface area (Å²) in [5, 5.41) is 5.13. The monoisotopic (exact) mass is 320 g/mol. The predicted molar refractivity (Wildman–Crippen MR) is 84.1 cm³/mol. The fourth-order valence-electron chi connectivity index (χ4n) is 3.40. The van der Waals surface area contributed by atoms with Crippen LogP contribution in [0.1, 0.15) is 18.5 Å². The molecule has 2 aromatic rings. The summed E-state index contributed by atoms with van der Waals surface area (Å²) in [6.07, 6.45) is 6.72. The molecule has 0 radical (unpaired) electrons. The van der Waals surface area contributed by atoms with Crippen LogP contribution in [0.2, 0.25) is 0 Å². The van der Waals surface area contributed by atoms with Gasteiger partial charge in [0.2, 0.25) is 5.91 Å². The van der Waals surface area contributed by atoms with Crippen LogP contribution in [-0.4, -0.2) is 58.6 Å². The number of likely N-dealkylation sites (tertiary alicyclic amines) is 1. The molecule has 6 nitrogen and oxygen atoms in total. The molecule has 0 unspecified atom stereocenters. The van der Waals surface area contributed by atoms with Gasteiger partial charge in [-0.2, -0.15) is 0 Å². The SMILES string of the molecule is O=C(Cc1cn2ccsc2n1)N[C@H]1COC[C@@H]1N1CCCC1. The van der Waals surface area contributed by atoms with Crippen LogP contribution in [0.3, 0.4) is 0 Å². The van der Waals surface area contributed by atoms with Gasteiger partial charge >= 0.3 is 0 Å². The highest BCUT2D eigenvalue weighted by Crippen LogP contribution is 2.19. The Labute approximate surface area is 133 Å². The molecule has 2 aliphatic heterocycles. The van der Waals surface area contributed by atoms with Crippen molar-refractivity contribution in [2.24, 2.45) is 0 Å². The lowest BCUT2D eigenvalue weighted by Gasteiger charge is -2.27. The van der Waals surface area contributed by atoms with Crippen molar-refractivity contribution in [3.05, 3.63) is 23.5 Å². The number of hydrogen-bond donors (Lipinski definition) is 1. The highest BCUT2D eigenvalue weighted by atomic mass is 32.1. The molecule has 1 amide bonds. The van der Waals surface area contributed by atoms with E-state index in [0.29, 0.717) is 19.1 Å². The molecule has 1 N–H and O–H groups in total. The highest BCUT2D eigenvalue weighted by molar-refractivity contribution is 7.15. The maximum atomic E-state index is 12.3. The van der Waals surface area contributed by atoms with Crippen LogP contribution in [0, 0.1) is 0 Å². The minimum atomic E-state index is 0.0328. The number of rotatable bonds is 4. The molecule has 4 heterocycles. The fraction of sp³-hybridized carbons (Fsp3) is 0.600. The first-order valence-corrected chi connectivity index (χ1v) is 8.70. The molecule has 2 atom stereocenters. The quantitative estimate of drug-likeness (QED) is 0.910. The molecule has 0 aromatic carbocycles. The Kier molecular flexibility index (Phi) is 3.85. The maximum Gasteiger partial charge on any atom is 0.226 e. The van der Waals surface area contributed by atoms with Crippen LogP contribution in [0.4, 0.5) is 0 Å². The second-order valence-corrected chi connectivity index (χ2v) is 6.90. The van der Waals surface area contributed by atoms with Gasteiger partial charge in [0.15, 0.2) is 4.96 Å². The molecule has 2 fully saturated rings. The number of carbonyl (C=O) groups excluding carboxylic acids is 1. The zero-order valence-corrected chi connectivity index (χ0v) is 13.2. The Morgan fingerprint density at radius 1 is 1.41 bits per heavy atom. The predicted octanol–water partition coefficient (Wildman–Crippen LogP) is 0.918. The summed E-state index contributed by atoms with van der Waals surface area (Å²) in [6.45, 7) is 3.59. The average molecular weight is 320 g/mol. The number of thiazole rings is 1. The van der Waals surface area contributed by atoms with E-state index in [1.54, 1.807) is 11.3 Å². The number of aromatic nitrogens is 2. The van der Waals surface area contributed by atoms with E-state index in [9.17, 15) is 4.79 Å². The van der Waals surface area contributed by atoms with Gasteiger partial charge in [-0.3, -0.25) is 14.1 Å². The third-order valence-electron chi connectivity index (χ3n) is 4.49. The molecule has 2 saturated heterocycles. The summed E-state index contributed by atoms with van der Waals surface area (Å²) in [5.74, 6) is 0.0328. The zero-order chi connectivity index (χ0) is 14.9. The number of hydrogen-bond acceptors (Lipinski definition) is 5. The van der Waals surface area contributed by atoms with Gasteiger partial charge in [-0.25, -0.2) is 4.98 Å². The molecule has 0 aliphatic carbocycles. The van der Waals surface area contributed by atoms with Crippen LogP contribution in [0.15, 0.2) is 17.8 Å². The van der Waals surface area contributed by atoms with E-state index in [0.717, 1.165) is 30.4 Å². The van der Waals surface area contributed by atoms with Crippen molar-refractivity contribution in [1.29, 1.82) is 0 Å². The van der Waals surface area contributed by atoms with Crippen molar-refractivity contribution in [3.63, 3.8) is 0 Å². The van der Waals surface area contributed by atoms with Gasteiger partial charge in [0.05, 0.1) is 37.4 Å². The van der Waals surface area contributed by atoms with E-state index in [4.69, 9.17) is 4.74 Å². The standard InChI is InChI=1S/C15H20N4O2S/c20-14(7-11-8-19-5-6-22-15(19)16-11)17-12-9-21-10-13(12)18-3-1-2-4-18/h5-6,8,12-13H,1-4,7,9-10H2,(H,17,20)/t12-,13-/m0/s1. The lowest BCUT2D eigenvalue weighted by molar-refractivity contribution is -0.121. The summed E-state index contributed by atoms with van der Waals surface area (Å²) < 4.78 is 7.55. The first-order chi connectivity index (χ1) is 10.8. The Bertz CT molecular complexity index is 633. The molecule has 0 saturated carbocycles. The van der Waals surface area contributed by atoms with Gasteiger partial charge in [0.25, 0.3) is 0 Å². The van der Waals surface area contributed by atoms with E-state index in [-0.39, 0.29) is 11.9 Å². The Balaban J connectivity index is 1.37. The van der Waals surface area contributed by atoms with Gasteiger partial charge in [-0.15, -0.1) is 11.3 Å². The topological polar surface area (TPSA) is 58.9 Å². The third-order valence-corrected chi connectivity index (χ3v) is 5.26. The second kappa shape index (κ2) is 5.98. The van der Waals surface area contributed by atoms with E-state index in [1.165, 1.54) is 12.8 Å². The summed E-state index contributed by atoms with van der Waals surface area (Å²) in [5.41, 5.74) is 0.820. The summed E-state index contributed by atoms with van der Waals surface area (Å²) in [7, 11) is 0. The number of nitrogens with one attached hydrogen (secondary N) is 1. The van der Waals surface area contributed by atoms with Crippen molar-refractivity contribution in [2.45, 2.75) is 31.3 Å².